The summed E-state index contributed by atoms with van der Waals surface area (Å²) >= 11 is 0. The molecule has 9 heavy (non-hydrogen) atoms. The molecule has 1 unspecified atom stereocenters. The van der Waals surface area contributed by atoms with E-state index < -0.39 is 0 Å². The number of nitrogens with one attached hydrogen (secondary N) is 1. The van der Waals surface area contributed by atoms with Gasteiger partial charge in [-0.05, 0) is 31.6 Å². The molecule has 54 valence electrons. The van der Waals surface area contributed by atoms with Crippen molar-refractivity contribution >= 4 is 12.4 Å². The zero-order valence-electron chi connectivity index (χ0n) is 5.81. The second-order valence-electron chi connectivity index (χ2n) is 3.49. The third-order valence-corrected chi connectivity index (χ3v) is 2.52. The number of hydrogen-bond donors (Lipinski definition) is 1. The van der Waals surface area contributed by atoms with Gasteiger partial charge in [-0.2, -0.15) is 0 Å². The van der Waals surface area contributed by atoms with Gasteiger partial charge in [-0.3, -0.25) is 0 Å². The molecule has 1 N–H and O–H groups in total. The van der Waals surface area contributed by atoms with Crippen LogP contribution in [-0.2, 0) is 0 Å². The Morgan fingerprint density at radius 3 is 2.33 bits per heavy atom. The first-order valence-electron chi connectivity index (χ1n) is 3.54. The Bertz CT molecular complexity index is 109. The van der Waals surface area contributed by atoms with Crippen LogP contribution in [0.5, 0.6) is 0 Å². The van der Waals surface area contributed by atoms with Crippen LogP contribution < -0.4 is 5.32 Å². The summed E-state index contributed by atoms with van der Waals surface area (Å²) in [5.74, 6) is 0. The van der Waals surface area contributed by atoms with Crippen LogP contribution in [0.4, 0.5) is 0 Å². The van der Waals surface area contributed by atoms with Gasteiger partial charge in [0, 0.05) is 12.6 Å². The van der Waals surface area contributed by atoms with Crippen LogP contribution >= 0.6 is 12.4 Å². The van der Waals surface area contributed by atoms with Crippen molar-refractivity contribution in [2.75, 3.05) is 6.54 Å². The van der Waals surface area contributed by atoms with Gasteiger partial charge in [0.05, 0.1) is 0 Å². The minimum Gasteiger partial charge on any atom is -0.314 e. The van der Waals surface area contributed by atoms with E-state index in [0.29, 0.717) is 0 Å². The van der Waals surface area contributed by atoms with Crippen molar-refractivity contribution in [3.63, 3.8) is 0 Å². The fraction of sp³-hybridized carbons (Fsp3) is 1.00. The molecule has 1 nitrogen and oxygen atoms in total. The molecule has 1 spiro atoms. The van der Waals surface area contributed by atoms with E-state index in [1.54, 1.807) is 0 Å². The van der Waals surface area contributed by atoms with Crippen LogP contribution in [0.1, 0.15) is 26.2 Å². The standard InChI is InChI=1S/C7H13N.ClH/c1-6-4-7(2-3-7)5-8-6;/h6,8H,2-5H2,1H3;1H. The van der Waals surface area contributed by atoms with Gasteiger partial charge in [0.25, 0.3) is 0 Å². The fourth-order valence-corrected chi connectivity index (χ4v) is 1.74. The smallest absolute Gasteiger partial charge is 0.00447 e. The van der Waals surface area contributed by atoms with Gasteiger partial charge in [-0.1, -0.05) is 0 Å². The van der Waals surface area contributed by atoms with E-state index in [9.17, 15) is 0 Å². The second kappa shape index (κ2) is 2.14. The molecule has 0 aromatic carbocycles. The first kappa shape index (κ1) is 7.36. The quantitative estimate of drug-likeness (QED) is 0.549. The molecule has 2 heteroatoms. The van der Waals surface area contributed by atoms with Crippen LogP contribution in [-0.4, -0.2) is 12.6 Å². The first-order chi connectivity index (χ1) is 3.81. The van der Waals surface area contributed by atoms with Crippen LogP contribution in [0.25, 0.3) is 0 Å². The summed E-state index contributed by atoms with van der Waals surface area (Å²) in [5.41, 5.74) is 0.805. The molecule has 1 aliphatic carbocycles. The monoisotopic (exact) mass is 147 g/mol. The highest BCUT2D eigenvalue weighted by Gasteiger charge is 2.46. The molecule has 1 saturated heterocycles. The topological polar surface area (TPSA) is 12.0 Å². The summed E-state index contributed by atoms with van der Waals surface area (Å²) in [5, 5.41) is 3.47. The largest absolute Gasteiger partial charge is 0.314 e. The van der Waals surface area contributed by atoms with Crippen LogP contribution in [0.15, 0.2) is 0 Å². The van der Waals surface area contributed by atoms with Crippen molar-refractivity contribution in [1.82, 2.24) is 5.32 Å². The van der Waals surface area contributed by atoms with Gasteiger partial charge in [0.2, 0.25) is 0 Å². The predicted molar refractivity (Wildman–Crippen MR) is 41.0 cm³/mol. The summed E-state index contributed by atoms with van der Waals surface area (Å²) in [6.07, 6.45) is 4.42. The average Bonchev–Trinajstić information content (AvgIpc) is 2.34. The Balaban J connectivity index is 0.000000405. The Labute approximate surface area is 62.6 Å². The van der Waals surface area contributed by atoms with Crippen molar-refractivity contribution in [2.24, 2.45) is 5.41 Å². The molecule has 1 atom stereocenters. The van der Waals surface area contributed by atoms with E-state index in [2.05, 4.69) is 12.2 Å². The zero-order chi connectivity index (χ0) is 5.61. The van der Waals surface area contributed by atoms with Gasteiger partial charge in [0.15, 0.2) is 0 Å². The third-order valence-electron chi connectivity index (χ3n) is 2.52. The highest BCUT2D eigenvalue weighted by Crippen LogP contribution is 2.51. The third kappa shape index (κ3) is 1.22. The van der Waals surface area contributed by atoms with Gasteiger partial charge in [-0.15, -0.1) is 12.4 Å². The summed E-state index contributed by atoms with van der Waals surface area (Å²) in [7, 11) is 0. The van der Waals surface area contributed by atoms with Gasteiger partial charge < -0.3 is 5.32 Å². The van der Waals surface area contributed by atoms with E-state index in [0.717, 1.165) is 11.5 Å². The van der Waals surface area contributed by atoms with E-state index in [-0.39, 0.29) is 12.4 Å². The molecular formula is C7H14ClN. The van der Waals surface area contributed by atoms with Crippen molar-refractivity contribution in [3.8, 4) is 0 Å². The number of rotatable bonds is 0. The lowest BCUT2D eigenvalue weighted by Gasteiger charge is -1.99. The Kier molecular flexibility index (Phi) is 1.75. The lowest BCUT2D eigenvalue weighted by atomic mass is 10.0. The zero-order valence-corrected chi connectivity index (χ0v) is 6.63. The van der Waals surface area contributed by atoms with Crippen LogP contribution in [0.3, 0.4) is 0 Å². The maximum absolute atomic E-state index is 3.47. The molecule has 0 radical (unpaired) electrons. The van der Waals surface area contributed by atoms with E-state index in [4.69, 9.17) is 0 Å². The molecule has 2 aliphatic rings. The second-order valence-corrected chi connectivity index (χ2v) is 3.49. The maximum Gasteiger partial charge on any atom is 0.00447 e. The molecular weight excluding hydrogens is 134 g/mol. The first-order valence-corrected chi connectivity index (χ1v) is 3.54. The van der Waals surface area contributed by atoms with Gasteiger partial charge >= 0.3 is 0 Å². The van der Waals surface area contributed by atoms with E-state index in [1.165, 1.54) is 25.8 Å². The normalized spacial score (nSPS) is 36.3. The van der Waals surface area contributed by atoms with E-state index >= 15 is 0 Å². The van der Waals surface area contributed by atoms with Crippen molar-refractivity contribution in [2.45, 2.75) is 32.2 Å². The van der Waals surface area contributed by atoms with E-state index in [1.807, 2.05) is 0 Å². The Hall–Kier alpha value is 0.250. The van der Waals surface area contributed by atoms with Crippen LogP contribution in [0.2, 0.25) is 0 Å². The molecule has 0 amide bonds. The molecule has 1 heterocycles. The SMILES string of the molecule is CC1CC2(CC2)CN1.Cl. The lowest BCUT2D eigenvalue weighted by Crippen LogP contribution is -2.16. The lowest BCUT2D eigenvalue weighted by molar-refractivity contribution is 0.557. The number of hydrogen-bond acceptors (Lipinski definition) is 1. The molecule has 0 aromatic rings. The minimum atomic E-state index is 0. The van der Waals surface area contributed by atoms with Crippen LogP contribution in [0, 0.1) is 5.41 Å². The Morgan fingerprint density at radius 1 is 1.44 bits per heavy atom. The molecule has 1 aliphatic heterocycles. The summed E-state index contributed by atoms with van der Waals surface area (Å²) in [6.45, 7) is 3.58. The fourth-order valence-electron chi connectivity index (χ4n) is 1.74. The van der Waals surface area contributed by atoms with Gasteiger partial charge in [0.1, 0.15) is 0 Å². The maximum atomic E-state index is 3.47. The molecule has 1 saturated carbocycles. The van der Waals surface area contributed by atoms with Gasteiger partial charge in [-0.25, -0.2) is 0 Å². The minimum absolute atomic E-state index is 0. The molecule has 0 aromatic heterocycles. The summed E-state index contributed by atoms with van der Waals surface area (Å²) in [6, 6.07) is 0.803. The summed E-state index contributed by atoms with van der Waals surface area (Å²) in [4.78, 5) is 0. The molecule has 2 fully saturated rings. The molecule has 2 rings (SSSR count). The highest BCUT2D eigenvalue weighted by atomic mass is 35.5. The average molecular weight is 148 g/mol. The highest BCUT2D eigenvalue weighted by molar-refractivity contribution is 5.85. The molecule has 0 bridgehead atoms. The van der Waals surface area contributed by atoms with Crippen molar-refractivity contribution in [1.29, 1.82) is 0 Å². The summed E-state index contributed by atoms with van der Waals surface area (Å²) < 4.78 is 0. The number of halogens is 1. The van der Waals surface area contributed by atoms with Crippen molar-refractivity contribution < 1.29 is 0 Å². The Morgan fingerprint density at radius 2 is 2.11 bits per heavy atom. The predicted octanol–water partition coefficient (Wildman–Crippen LogP) is 1.57. The van der Waals surface area contributed by atoms with Crippen molar-refractivity contribution in [3.05, 3.63) is 0 Å².